The van der Waals surface area contributed by atoms with Crippen LogP contribution >= 0.6 is 0 Å². The van der Waals surface area contributed by atoms with Gasteiger partial charge in [-0.2, -0.15) is 0 Å². The molecule has 0 unspecified atom stereocenters. The summed E-state index contributed by atoms with van der Waals surface area (Å²) in [5.74, 6) is -1.77. The molecule has 4 N–H and O–H groups in total. The summed E-state index contributed by atoms with van der Waals surface area (Å²) in [6.07, 6.45) is -1.55. The van der Waals surface area contributed by atoms with Gasteiger partial charge in [0, 0.05) is 19.1 Å². The zero-order chi connectivity index (χ0) is 29.3. The third-order valence-electron chi connectivity index (χ3n) is 12.5. The number of aliphatic hydroxyl groups excluding tert-OH is 3. The molecule has 0 radical (unpaired) electrons. The lowest BCUT2D eigenvalue weighted by atomic mass is 9.41. The van der Waals surface area contributed by atoms with E-state index in [1.54, 1.807) is 13.8 Å². The number of hydrogen-bond acceptors (Lipinski definition) is 11. The lowest BCUT2D eigenvalue weighted by Gasteiger charge is -2.62. The number of carbonyl (C=O) groups is 2. The first kappa shape index (κ1) is 28.3. The van der Waals surface area contributed by atoms with Gasteiger partial charge < -0.3 is 44.1 Å². The molecule has 0 aromatic heterocycles. The van der Waals surface area contributed by atoms with Crippen LogP contribution in [0.1, 0.15) is 59.3 Å². The summed E-state index contributed by atoms with van der Waals surface area (Å²) in [7, 11) is 1.43. The molecule has 6 fully saturated rings. The SMILES string of the molecule is CO[C@H]1[C@@H](O)[C@H](C)O[C@@H](O[C@H]2CC[C@@]3(C)[C@H](C2)C[C@H]2O[C@@]24[C@H]3[C@@H](O)C(=O)[C@]2(C)[C@H](C3=CC(=O)OC3)CC[C@]42O)[C@@H]1O. The van der Waals surface area contributed by atoms with Gasteiger partial charge in [-0.05, 0) is 75.2 Å². The van der Waals surface area contributed by atoms with E-state index < -0.39 is 76.6 Å². The maximum atomic E-state index is 14.2. The highest BCUT2D eigenvalue weighted by Crippen LogP contribution is 2.76. The minimum absolute atomic E-state index is 0.0463. The minimum Gasteiger partial charge on any atom is -0.458 e. The lowest BCUT2D eigenvalue weighted by molar-refractivity contribution is -0.313. The molecule has 7 aliphatic rings. The zero-order valence-corrected chi connectivity index (χ0v) is 24.0. The Kier molecular flexibility index (Phi) is 6.25. The van der Waals surface area contributed by atoms with Gasteiger partial charge in [0.05, 0.1) is 23.7 Å². The molecule has 3 aliphatic heterocycles. The van der Waals surface area contributed by atoms with Gasteiger partial charge in [-0.15, -0.1) is 0 Å². The highest BCUT2D eigenvalue weighted by Gasteiger charge is 2.88. The topological polar surface area (TPSA) is 165 Å². The molecule has 4 saturated carbocycles. The Morgan fingerprint density at radius 1 is 1.05 bits per heavy atom. The van der Waals surface area contributed by atoms with Gasteiger partial charge in [0.2, 0.25) is 0 Å². The van der Waals surface area contributed by atoms with Crippen LogP contribution in [0.5, 0.6) is 0 Å². The van der Waals surface area contributed by atoms with Gasteiger partial charge in [-0.3, -0.25) is 4.79 Å². The van der Waals surface area contributed by atoms with Crippen LogP contribution in [0.3, 0.4) is 0 Å². The van der Waals surface area contributed by atoms with Gasteiger partial charge >= 0.3 is 5.97 Å². The number of hydrogen-bond donors (Lipinski definition) is 4. The average molecular weight is 579 g/mol. The molecule has 0 aromatic carbocycles. The molecule has 3 heterocycles. The number of rotatable bonds is 4. The summed E-state index contributed by atoms with van der Waals surface area (Å²) in [4.78, 5) is 26.0. The summed E-state index contributed by atoms with van der Waals surface area (Å²) in [5.41, 5.74) is -3.60. The number of fused-ring (bicyclic) bond motifs is 3. The van der Waals surface area contributed by atoms with Gasteiger partial charge in [0.1, 0.15) is 42.2 Å². The van der Waals surface area contributed by atoms with E-state index in [2.05, 4.69) is 6.92 Å². The lowest BCUT2D eigenvalue weighted by Crippen LogP contribution is -2.75. The van der Waals surface area contributed by atoms with Crippen molar-refractivity contribution < 1.29 is 53.7 Å². The third kappa shape index (κ3) is 3.43. The van der Waals surface area contributed by atoms with E-state index in [0.29, 0.717) is 44.1 Å². The Hall–Kier alpha value is -1.44. The maximum absolute atomic E-state index is 14.2. The van der Waals surface area contributed by atoms with E-state index in [0.717, 1.165) is 0 Å². The van der Waals surface area contributed by atoms with E-state index in [4.69, 9.17) is 23.7 Å². The van der Waals surface area contributed by atoms with E-state index in [-0.39, 0.29) is 30.5 Å². The Morgan fingerprint density at radius 2 is 1.80 bits per heavy atom. The number of epoxide rings is 1. The van der Waals surface area contributed by atoms with Crippen molar-refractivity contribution in [3.63, 3.8) is 0 Å². The number of ether oxygens (including phenoxy) is 5. The largest absolute Gasteiger partial charge is 0.458 e. The number of methoxy groups -OCH3 is 1. The highest BCUT2D eigenvalue weighted by molar-refractivity contribution is 5.94. The van der Waals surface area contributed by atoms with Crippen molar-refractivity contribution in [1.29, 1.82) is 0 Å². The minimum atomic E-state index is -1.48. The number of esters is 1. The van der Waals surface area contributed by atoms with Crippen molar-refractivity contribution in [3.8, 4) is 0 Å². The quantitative estimate of drug-likeness (QED) is 0.207. The Labute approximate surface area is 239 Å². The Balaban J connectivity index is 1.15. The summed E-state index contributed by atoms with van der Waals surface area (Å²) in [6.45, 7) is 5.65. The molecule has 15 atom stereocenters. The van der Waals surface area contributed by atoms with Crippen LogP contribution in [-0.4, -0.2) is 106 Å². The summed E-state index contributed by atoms with van der Waals surface area (Å²) >= 11 is 0. The van der Waals surface area contributed by atoms with E-state index in [9.17, 15) is 30.0 Å². The van der Waals surface area contributed by atoms with Gasteiger partial charge in [-0.1, -0.05) is 6.92 Å². The molecular formula is C30H42O11. The van der Waals surface area contributed by atoms with Crippen molar-refractivity contribution in [2.45, 2.75) is 120 Å². The molecule has 1 spiro atoms. The van der Waals surface area contributed by atoms with Crippen molar-refractivity contribution in [1.82, 2.24) is 0 Å². The predicted molar refractivity (Wildman–Crippen MR) is 139 cm³/mol. The number of Topliss-reactive ketones (excluding diaryl/α,β-unsaturated/α-hetero) is 1. The summed E-state index contributed by atoms with van der Waals surface area (Å²) < 4.78 is 29.0. The molecule has 0 bridgehead atoms. The first-order chi connectivity index (χ1) is 19.3. The van der Waals surface area contributed by atoms with Crippen molar-refractivity contribution in [2.75, 3.05) is 13.7 Å². The second-order valence-corrected chi connectivity index (χ2v) is 14.0. The number of ketones is 1. The van der Waals surface area contributed by atoms with E-state index in [1.165, 1.54) is 13.2 Å². The summed E-state index contributed by atoms with van der Waals surface area (Å²) in [6, 6.07) is 0. The summed E-state index contributed by atoms with van der Waals surface area (Å²) in [5, 5.41) is 45.4. The standard InChI is InChI=1S/C30H42O11/c1-13-20(32)23(37-4)21(33)26(39-13)40-16-5-7-27(2)15(10-16)11-18-30(41-18)24(27)22(34)25(35)28(3)17(6-8-29(28,30)36)14-9-19(31)38-12-14/h9,13,15-18,20-24,26,32-34,36H,5-8,10-12H2,1-4H3/t13-,15+,16-,17-,18+,20-,21+,22+,23-,24-,26-,27-,28-,29+,30+/m0/s1. The normalized spacial score (nSPS) is 57.7. The third-order valence-corrected chi connectivity index (χ3v) is 12.5. The molecule has 41 heavy (non-hydrogen) atoms. The van der Waals surface area contributed by atoms with Gasteiger partial charge in [-0.25, -0.2) is 4.79 Å². The molecule has 2 saturated heterocycles. The van der Waals surface area contributed by atoms with Crippen LogP contribution in [0, 0.1) is 28.6 Å². The number of cyclic esters (lactones) is 1. The first-order valence-electron chi connectivity index (χ1n) is 15.0. The highest BCUT2D eigenvalue weighted by atomic mass is 16.7. The molecule has 11 nitrogen and oxygen atoms in total. The second kappa shape index (κ2) is 9.04. The second-order valence-electron chi connectivity index (χ2n) is 14.0. The molecule has 228 valence electrons. The molecule has 4 aliphatic carbocycles. The van der Waals surface area contributed by atoms with Crippen LogP contribution in [0.15, 0.2) is 11.6 Å². The molecule has 7 rings (SSSR count). The average Bonchev–Trinajstić information content (AvgIpc) is 3.38. The van der Waals surface area contributed by atoms with Crippen LogP contribution in [0.25, 0.3) is 0 Å². The van der Waals surface area contributed by atoms with Crippen molar-refractivity contribution >= 4 is 11.8 Å². The van der Waals surface area contributed by atoms with Crippen LogP contribution in [0.2, 0.25) is 0 Å². The zero-order valence-electron chi connectivity index (χ0n) is 24.0. The number of aliphatic hydroxyl groups is 4. The van der Waals surface area contributed by atoms with Gasteiger partial charge in [0.15, 0.2) is 12.1 Å². The van der Waals surface area contributed by atoms with Crippen molar-refractivity contribution in [2.24, 2.45) is 28.6 Å². The molecular weight excluding hydrogens is 536 g/mol. The fraction of sp³-hybridized carbons (Fsp3) is 0.867. The fourth-order valence-electron chi connectivity index (χ4n) is 10.3. The van der Waals surface area contributed by atoms with Gasteiger partial charge in [0.25, 0.3) is 0 Å². The Morgan fingerprint density at radius 3 is 2.49 bits per heavy atom. The smallest absolute Gasteiger partial charge is 0.331 e. The van der Waals surface area contributed by atoms with E-state index in [1.807, 2.05) is 0 Å². The van der Waals surface area contributed by atoms with Crippen LogP contribution < -0.4 is 0 Å². The predicted octanol–water partition coefficient (Wildman–Crippen LogP) is 0.391. The Bertz CT molecular complexity index is 1170. The van der Waals surface area contributed by atoms with Crippen molar-refractivity contribution in [3.05, 3.63) is 11.6 Å². The monoisotopic (exact) mass is 578 g/mol. The first-order valence-corrected chi connectivity index (χ1v) is 15.0. The number of carbonyl (C=O) groups excluding carboxylic acids is 2. The van der Waals surface area contributed by atoms with Crippen LogP contribution in [0.4, 0.5) is 0 Å². The van der Waals surface area contributed by atoms with E-state index >= 15 is 0 Å². The molecule has 0 aromatic rings. The molecule has 0 amide bonds. The van der Waals surface area contributed by atoms with Crippen LogP contribution in [-0.2, 0) is 33.3 Å². The maximum Gasteiger partial charge on any atom is 0.331 e. The fourth-order valence-corrected chi connectivity index (χ4v) is 10.3. The molecule has 11 heteroatoms.